The van der Waals surface area contributed by atoms with Crippen LogP contribution in [0.2, 0.25) is 0 Å². The minimum absolute atomic E-state index is 0.282. The van der Waals surface area contributed by atoms with E-state index >= 15 is 0 Å². The van der Waals surface area contributed by atoms with Crippen molar-refractivity contribution in [2.24, 2.45) is 0 Å². The Balaban J connectivity index is 2.21. The molecule has 0 heterocycles. The summed E-state index contributed by atoms with van der Waals surface area (Å²) in [5.74, 6) is 4.83. The van der Waals surface area contributed by atoms with Crippen LogP contribution in [0.3, 0.4) is 0 Å². The molecular weight excluding hydrogens is 332 g/mol. The molecule has 0 aliphatic rings. The van der Waals surface area contributed by atoms with Crippen molar-refractivity contribution >= 4 is 21.9 Å². The maximum absolute atomic E-state index is 12.1. The van der Waals surface area contributed by atoms with E-state index in [-0.39, 0.29) is 6.61 Å². The second-order valence-electron chi connectivity index (χ2n) is 4.18. The molecule has 0 amide bonds. The monoisotopic (exact) mass is 344 g/mol. The number of benzene rings is 2. The van der Waals surface area contributed by atoms with E-state index in [1.54, 1.807) is 24.3 Å². The van der Waals surface area contributed by atoms with Gasteiger partial charge in [0.15, 0.2) is 6.10 Å². The number of aliphatic hydroxyl groups is 1. The summed E-state index contributed by atoms with van der Waals surface area (Å²) in [6, 6.07) is 16.1. The van der Waals surface area contributed by atoms with Crippen LogP contribution in [0.15, 0.2) is 59.1 Å². The molecule has 0 aliphatic carbocycles. The molecular formula is C17H13BrO3. The van der Waals surface area contributed by atoms with Crippen molar-refractivity contribution in [3.63, 3.8) is 0 Å². The van der Waals surface area contributed by atoms with Gasteiger partial charge in [0.2, 0.25) is 0 Å². The summed E-state index contributed by atoms with van der Waals surface area (Å²) in [5, 5.41) is 8.84. The van der Waals surface area contributed by atoms with Gasteiger partial charge in [0.25, 0.3) is 0 Å². The second kappa shape index (κ2) is 7.63. The molecule has 106 valence electrons. The van der Waals surface area contributed by atoms with Crippen molar-refractivity contribution in [3.8, 4) is 11.8 Å². The summed E-state index contributed by atoms with van der Waals surface area (Å²) < 4.78 is 6.35. The van der Waals surface area contributed by atoms with E-state index in [1.807, 2.05) is 30.3 Å². The van der Waals surface area contributed by atoms with Crippen LogP contribution in [0.5, 0.6) is 0 Å². The minimum atomic E-state index is -0.710. The zero-order valence-corrected chi connectivity index (χ0v) is 12.7. The topological polar surface area (TPSA) is 46.5 Å². The maximum atomic E-state index is 12.1. The standard InChI is InChI=1S/C17H13BrO3/c18-15-10-8-13(9-11-15)16(7-4-12-19)21-17(20)14-5-2-1-3-6-14/h1-3,5-6,8-11,16,19H,12H2. The molecule has 2 aromatic rings. The van der Waals surface area contributed by atoms with Crippen LogP contribution in [0, 0.1) is 11.8 Å². The maximum Gasteiger partial charge on any atom is 0.339 e. The summed E-state index contributed by atoms with van der Waals surface area (Å²) in [7, 11) is 0. The van der Waals surface area contributed by atoms with Gasteiger partial charge in [-0.25, -0.2) is 4.79 Å². The summed E-state index contributed by atoms with van der Waals surface area (Å²) in [6.07, 6.45) is -0.710. The highest BCUT2D eigenvalue weighted by molar-refractivity contribution is 9.10. The molecule has 0 saturated heterocycles. The van der Waals surface area contributed by atoms with Gasteiger partial charge in [-0.3, -0.25) is 0 Å². The number of rotatable bonds is 3. The van der Waals surface area contributed by atoms with Crippen molar-refractivity contribution < 1.29 is 14.6 Å². The van der Waals surface area contributed by atoms with Crippen molar-refractivity contribution in [2.75, 3.05) is 6.61 Å². The summed E-state index contributed by atoms with van der Waals surface area (Å²) in [5.41, 5.74) is 1.22. The molecule has 0 radical (unpaired) electrons. The Bertz CT molecular complexity index is 654. The third-order valence-corrected chi connectivity index (χ3v) is 3.25. The van der Waals surface area contributed by atoms with E-state index in [2.05, 4.69) is 27.8 Å². The first-order valence-corrected chi connectivity index (χ1v) is 7.11. The lowest BCUT2D eigenvalue weighted by molar-refractivity contribution is 0.0407. The highest BCUT2D eigenvalue weighted by atomic mass is 79.9. The molecule has 21 heavy (non-hydrogen) atoms. The zero-order chi connectivity index (χ0) is 15.1. The average molecular weight is 345 g/mol. The minimum Gasteiger partial charge on any atom is -0.441 e. The Hall–Kier alpha value is -2.09. The molecule has 3 nitrogen and oxygen atoms in total. The lowest BCUT2D eigenvalue weighted by Crippen LogP contribution is -2.10. The Morgan fingerprint density at radius 2 is 1.81 bits per heavy atom. The lowest BCUT2D eigenvalue weighted by Gasteiger charge is -2.13. The van der Waals surface area contributed by atoms with Crippen LogP contribution in [-0.4, -0.2) is 17.7 Å². The summed E-state index contributed by atoms with van der Waals surface area (Å²) >= 11 is 3.35. The van der Waals surface area contributed by atoms with Crippen molar-refractivity contribution in [2.45, 2.75) is 6.10 Å². The molecule has 2 aromatic carbocycles. The van der Waals surface area contributed by atoms with E-state index in [0.717, 1.165) is 10.0 Å². The fourth-order valence-corrected chi connectivity index (χ4v) is 1.97. The summed E-state index contributed by atoms with van der Waals surface area (Å²) in [4.78, 5) is 12.1. The molecule has 2 rings (SSSR count). The quantitative estimate of drug-likeness (QED) is 0.686. The van der Waals surface area contributed by atoms with E-state index < -0.39 is 12.1 Å². The highest BCUT2D eigenvalue weighted by Gasteiger charge is 2.15. The van der Waals surface area contributed by atoms with Gasteiger partial charge in [0.1, 0.15) is 6.61 Å². The van der Waals surface area contributed by atoms with Crippen molar-refractivity contribution in [3.05, 3.63) is 70.2 Å². The molecule has 0 saturated carbocycles. The Labute approximate surface area is 131 Å². The fraction of sp³-hybridized carbons (Fsp3) is 0.118. The second-order valence-corrected chi connectivity index (χ2v) is 5.10. The van der Waals surface area contributed by atoms with Crippen LogP contribution in [-0.2, 0) is 4.74 Å². The van der Waals surface area contributed by atoms with Gasteiger partial charge in [-0.05, 0) is 24.3 Å². The van der Waals surface area contributed by atoms with Crippen LogP contribution < -0.4 is 0 Å². The number of halogens is 1. The van der Waals surface area contributed by atoms with Gasteiger partial charge < -0.3 is 9.84 Å². The number of carbonyl (C=O) groups is 1. The number of carbonyl (C=O) groups excluding carboxylic acids is 1. The van der Waals surface area contributed by atoms with Crippen LogP contribution in [0.4, 0.5) is 0 Å². The van der Waals surface area contributed by atoms with E-state index in [9.17, 15) is 4.79 Å². The number of ether oxygens (including phenoxy) is 1. The van der Waals surface area contributed by atoms with E-state index in [4.69, 9.17) is 9.84 Å². The van der Waals surface area contributed by atoms with Gasteiger partial charge in [0.05, 0.1) is 5.56 Å². The lowest BCUT2D eigenvalue weighted by atomic mass is 10.1. The number of hydrogen-bond acceptors (Lipinski definition) is 3. The van der Waals surface area contributed by atoms with Crippen molar-refractivity contribution in [1.82, 2.24) is 0 Å². The van der Waals surface area contributed by atoms with Crippen molar-refractivity contribution in [1.29, 1.82) is 0 Å². The number of esters is 1. The van der Waals surface area contributed by atoms with Gasteiger partial charge in [-0.15, -0.1) is 0 Å². The first-order valence-electron chi connectivity index (χ1n) is 6.31. The first-order chi connectivity index (χ1) is 10.2. The fourth-order valence-electron chi connectivity index (χ4n) is 1.71. The third kappa shape index (κ3) is 4.45. The molecule has 1 unspecified atom stereocenters. The zero-order valence-electron chi connectivity index (χ0n) is 11.1. The van der Waals surface area contributed by atoms with E-state index in [0.29, 0.717) is 5.56 Å². The normalized spacial score (nSPS) is 11.1. The third-order valence-electron chi connectivity index (χ3n) is 2.72. The van der Waals surface area contributed by atoms with Gasteiger partial charge in [0, 0.05) is 10.0 Å². The molecule has 0 aromatic heterocycles. The number of aliphatic hydroxyl groups excluding tert-OH is 1. The van der Waals surface area contributed by atoms with E-state index in [1.165, 1.54) is 0 Å². The van der Waals surface area contributed by atoms with Crippen LogP contribution >= 0.6 is 15.9 Å². The Morgan fingerprint density at radius 1 is 1.14 bits per heavy atom. The molecule has 1 N–H and O–H groups in total. The predicted octanol–water partition coefficient (Wildman–Crippen LogP) is 3.34. The molecule has 0 bridgehead atoms. The Kier molecular flexibility index (Phi) is 5.56. The average Bonchev–Trinajstić information content (AvgIpc) is 2.53. The van der Waals surface area contributed by atoms with Gasteiger partial charge in [-0.2, -0.15) is 0 Å². The first kappa shape index (κ1) is 15.3. The number of hydrogen-bond donors (Lipinski definition) is 1. The molecule has 0 fully saturated rings. The molecule has 1 atom stereocenters. The SMILES string of the molecule is O=C(OC(C#CCO)c1ccc(Br)cc1)c1ccccc1. The van der Waals surface area contributed by atoms with Gasteiger partial charge in [-0.1, -0.05) is 58.1 Å². The smallest absolute Gasteiger partial charge is 0.339 e. The van der Waals surface area contributed by atoms with Crippen LogP contribution in [0.1, 0.15) is 22.0 Å². The van der Waals surface area contributed by atoms with Gasteiger partial charge >= 0.3 is 5.97 Å². The van der Waals surface area contributed by atoms with Crippen LogP contribution in [0.25, 0.3) is 0 Å². The molecule has 0 spiro atoms. The molecule has 4 heteroatoms. The predicted molar refractivity (Wildman–Crippen MR) is 83.6 cm³/mol. The highest BCUT2D eigenvalue weighted by Crippen LogP contribution is 2.21. The Morgan fingerprint density at radius 3 is 2.43 bits per heavy atom. The largest absolute Gasteiger partial charge is 0.441 e. The summed E-state index contributed by atoms with van der Waals surface area (Å²) in [6.45, 7) is -0.282. The molecule has 0 aliphatic heterocycles.